The molecule has 0 saturated heterocycles. The van der Waals surface area contributed by atoms with Gasteiger partial charge in [0.2, 0.25) is 0 Å². The topological polar surface area (TPSA) is 9.23 Å². The molecule has 0 amide bonds. The summed E-state index contributed by atoms with van der Waals surface area (Å²) in [5.74, 6) is 0. The van der Waals surface area contributed by atoms with E-state index in [0.29, 0.717) is 5.73 Å². The lowest BCUT2D eigenvalue weighted by Crippen LogP contribution is -2.17. The first-order valence-electron chi connectivity index (χ1n) is 4.57. The molecule has 0 heterocycles. The zero-order chi connectivity index (χ0) is 8.53. The van der Waals surface area contributed by atoms with Crippen molar-refractivity contribution in [2.24, 2.45) is 0 Å². The van der Waals surface area contributed by atoms with E-state index >= 15 is 0 Å². The zero-order valence-corrected chi connectivity index (χ0v) is 9.98. The highest BCUT2D eigenvalue weighted by molar-refractivity contribution is 8.07. The first-order valence-corrected chi connectivity index (χ1v) is 7.92. The average molecular weight is 192 g/mol. The van der Waals surface area contributed by atoms with Gasteiger partial charge in [-0.25, -0.2) is 12.1 Å². The van der Waals surface area contributed by atoms with Crippen molar-refractivity contribution in [3.8, 4) is 0 Å². The van der Waals surface area contributed by atoms with Crippen LogP contribution in [0.15, 0.2) is 0 Å². The van der Waals surface area contributed by atoms with Gasteiger partial charge in [-0.3, -0.25) is 0 Å². The summed E-state index contributed by atoms with van der Waals surface area (Å²) in [5, 5.41) is 0. The van der Waals surface area contributed by atoms with Crippen LogP contribution in [0.3, 0.4) is 0 Å². The third-order valence-electron chi connectivity index (χ3n) is 1.74. The number of hydrogen-bond donors (Lipinski definition) is 1. The van der Waals surface area contributed by atoms with Crippen LogP contribution in [-0.4, -0.2) is 21.0 Å². The van der Waals surface area contributed by atoms with Crippen LogP contribution in [0, 0.1) is 0 Å². The van der Waals surface area contributed by atoms with Gasteiger partial charge in [0.25, 0.3) is 0 Å². The van der Waals surface area contributed by atoms with Crippen molar-refractivity contribution < 1.29 is 4.74 Å². The Morgan fingerprint density at radius 2 is 2.09 bits per heavy atom. The fourth-order valence-corrected chi connectivity index (χ4v) is 2.76. The Morgan fingerprint density at radius 3 is 2.55 bits per heavy atom. The van der Waals surface area contributed by atoms with Crippen molar-refractivity contribution >= 4 is 20.7 Å². The molecule has 0 spiro atoms. The molecule has 0 rings (SSSR count). The number of hydrogen-bond acceptors (Lipinski definition) is 2. The second-order valence-electron chi connectivity index (χ2n) is 2.76. The Hall–Kier alpha value is 0.527. The Morgan fingerprint density at radius 1 is 1.36 bits per heavy atom. The molecule has 0 aliphatic heterocycles. The normalized spacial score (nSPS) is 14.5. The van der Waals surface area contributed by atoms with Crippen LogP contribution in [-0.2, 0) is 4.74 Å². The van der Waals surface area contributed by atoms with Gasteiger partial charge in [0, 0.05) is 6.61 Å². The van der Waals surface area contributed by atoms with Gasteiger partial charge in [0.1, 0.15) is 8.67 Å². The van der Waals surface area contributed by atoms with Gasteiger partial charge in [-0.05, 0) is 13.3 Å². The van der Waals surface area contributed by atoms with E-state index in [1.807, 2.05) is 0 Å². The first-order chi connectivity index (χ1) is 5.35. The van der Waals surface area contributed by atoms with E-state index in [2.05, 4.69) is 25.9 Å². The van der Waals surface area contributed by atoms with E-state index in [4.69, 9.17) is 4.74 Å². The summed E-state index contributed by atoms with van der Waals surface area (Å²) in [6, 6.07) is 0. The zero-order valence-electron chi connectivity index (χ0n) is 7.68. The van der Waals surface area contributed by atoms with Crippen molar-refractivity contribution in [3.63, 3.8) is 0 Å². The van der Waals surface area contributed by atoms with Crippen LogP contribution < -0.4 is 0 Å². The van der Waals surface area contributed by atoms with Crippen LogP contribution >= 0.6 is 12.1 Å². The van der Waals surface area contributed by atoms with Crippen molar-refractivity contribution in [1.82, 2.24) is 0 Å². The monoisotopic (exact) mass is 192 g/mol. The van der Waals surface area contributed by atoms with Gasteiger partial charge in [-0.15, -0.1) is 0 Å². The molecule has 0 radical (unpaired) electrons. The summed E-state index contributed by atoms with van der Waals surface area (Å²) in [6.45, 7) is 5.14. The Bertz CT molecular complexity index is 80.5. The molecule has 3 heteroatoms. The van der Waals surface area contributed by atoms with E-state index in [0.717, 1.165) is 6.61 Å². The van der Waals surface area contributed by atoms with Crippen molar-refractivity contribution in [3.05, 3.63) is 0 Å². The largest absolute Gasteiger partial charge is 0.382 e. The molecule has 0 aliphatic carbocycles. The SMILES string of the molecule is CCCCCC(OCC)[SiH2]S. The molecule has 68 valence electrons. The summed E-state index contributed by atoms with van der Waals surface area (Å²) in [6.07, 6.45) is 5.19. The van der Waals surface area contributed by atoms with Gasteiger partial charge in [-0.2, -0.15) is 0 Å². The second-order valence-corrected chi connectivity index (χ2v) is 5.13. The summed E-state index contributed by atoms with van der Waals surface area (Å²) in [4.78, 5) is 0. The maximum atomic E-state index is 5.52. The minimum Gasteiger partial charge on any atom is -0.382 e. The predicted octanol–water partition coefficient (Wildman–Crippen LogP) is 1.94. The molecule has 1 unspecified atom stereocenters. The molecule has 0 fully saturated rings. The molecular formula is C8H20OSSi. The molecule has 0 aromatic carbocycles. The van der Waals surface area contributed by atoms with Crippen molar-refractivity contribution in [2.75, 3.05) is 6.61 Å². The lowest BCUT2D eigenvalue weighted by Gasteiger charge is -2.12. The van der Waals surface area contributed by atoms with Gasteiger partial charge in [-0.1, -0.05) is 26.2 Å². The van der Waals surface area contributed by atoms with Crippen LogP contribution in [0.5, 0.6) is 0 Å². The summed E-state index contributed by atoms with van der Waals surface area (Å²) >= 11 is 4.37. The minimum absolute atomic E-state index is 0.239. The predicted molar refractivity (Wildman–Crippen MR) is 57.1 cm³/mol. The Balaban J connectivity index is 3.20. The second kappa shape index (κ2) is 8.62. The number of thiol groups is 1. The Kier molecular flexibility index (Phi) is 9.03. The highest BCUT2D eigenvalue weighted by Crippen LogP contribution is 2.06. The molecule has 1 nitrogen and oxygen atoms in total. The van der Waals surface area contributed by atoms with E-state index in [1.54, 1.807) is 0 Å². The molecule has 0 aromatic heterocycles. The van der Waals surface area contributed by atoms with Crippen LogP contribution in [0.4, 0.5) is 0 Å². The number of rotatable bonds is 7. The molecule has 0 aliphatic rings. The molecule has 1 atom stereocenters. The summed E-state index contributed by atoms with van der Waals surface area (Å²) in [5.41, 5.74) is 0.523. The van der Waals surface area contributed by atoms with Gasteiger partial charge < -0.3 is 4.74 Å². The average Bonchev–Trinajstić information content (AvgIpc) is 2.03. The standard InChI is InChI=1S/C8H20OSSi/c1-3-5-6-7-8(11-10)9-4-2/h8,10H,3-7,11H2,1-2H3. The van der Waals surface area contributed by atoms with Crippen molar-refractivity contribution in [1.29, 1.82) is 0 Å². The highest BCUT2D eigenvalue weighted by atomic mass is 32.3. The molecule has 11 heavy (non-hydrogen) atoms. The van der Waals surface area contributed by atoms with Crippen LogP contribution in [0.2, 0.25) is 0 Å². The van der Waals surface area contributed by atoms with Crippen LogP contribution in [0.1, 0.15) is 39.5 Å². The van der Waals surface area contributed by atoms with Crippen molar-refractivity contribution in [2.45, 2.75) is 45.3 Å². The molecule has 0 aromatic rings. The van der Waals surface area contributed by atoms with Gasteiger partial charge >= 0.3 is 0 Å². The first kappa shape index (κ1) is 11.5. The summed E-state index contributed by atoms with van der Waals surface area (Å²) < 4.78 is 5.52. The lowest BCUT2D eigenvalue weighted by atomic mass is 10.2. The molecule has 0 saturated carbocycles. The third-order valence-corrected chi connectivity index (χ3v) is 4.01. The number of ether oxygens (including phenoxy) is 1. The molecular weight excluding hydrogens is 172 g/mol. The number of unbranched alkanes of at least 4 members (excludes halogenated alkanes) is 2. The maximum Gasteiger partial charge on any atom is 0.114 e. The molecule has 0 bridgehead atoms. The van der Waals surface area contributed by atoms with Crippen LogP contribution in [0.25, 0.3) is 0 Å². The van der Waals surface area contributed by atoms with Gasteiger partial charge in [0.05, 0.1) is 5.73 Å². The van der Waals surface area contributed by atoms with E-state index in [-0.39, 0.29) is 8.67 Å². The van der Waals surface area contributed by atoms with E-state index in [9.17, 15) is 0 Å². The fourth-order valence-electron chi connectivity index (χ4n) is 1.09. The van der Waals surface area contributed by atoms with Gasteiger partial charge in [0.15, 0.2) is 0 Å². The quantitative estimate of drug-likeness (QED) is 0.368. The summed E-state index contributed by atoms with van der Waals surface area (Å²) in [7, 11) is -0.239. The fraction of sp³-hybridized carbons (Fsp3) is 1.00. The smallest absolute Gasteiger partial charge is 0.114 e. The lowest BCUT2D eigenvalue weighted by molar-refractivity contribution is 0.110. The minimum atomic E-state index is -0.239. The molecule has 0 N–H and O–H groups in total. The van der Waals surface area contributed by atoms with E-state index < -0.39 is 0 Å². The van der Waals surface area contributed by atoms with E-state index in [1.165, 1.54) is 25.7 Å². The highest BCUT2D eigenvalue weighted by Gasteiger charge is 2.04. The Labute approximate surface area is 77.8 Å². The third kappa shape index (κ3) is 6.91. The maximum absolute atomic E-state index is 5.52.